The molecule has 0 aliphatic carbocycles. The third kappa shape index (κ3) is 3.42. The van der Waals surface area contributed by atoms with Crippen molar-refractivity contribution in [3.63, 3.8) is 0 Å². The number of allylic oxidation sites excluding steroid dienone is 3. The smallest absolute Gasteiger partial charge is 0.263 e. The van der Waals surface area contributed by atoms with E-state index >= 15 is 0 Å². The average molecular weight is 443 g/mol. The van der Waals surface area contributed by atoms with Crippen LogP contribution < -0.4 is 9.80 Å². The number of hydrogen-bond acceptors (Lipinski definition) is 3. The zero-order chi connectivity index (χ0) is 23.7. The lowest BCUT2D eigenvalue weighted by Crippen LogP contribution is -2.21. The molecule has 4 nitrogen and oxygen atoms in total. The third-order valence-electron chi connectivity index (χ3n) is 5.93. The Morgan fingerprint density at radius 3 is 2.26 bits per heavy atom. The average Bonchev–Trinajstić information content (AvgIpc) is 3.17. The fourth-order valence-corrected chi connectivity index (χ4v) is 4.47. The zero-order valence-corrected chi connectivity index (χ0v) is 18.5. The minimum atomic E-state index is -0.102. The second-order valence-electron chi connectivity index (χ2n) is 7.92. The van der Waals surface area contributed by atoms with Gasteiger partial charge in [-0.3, -0.25) is 14.5 Å². The summed E-state index contributed by atoms with van der Waals surface area (Å²) < 4.78 is 0. The van der Waals surface area contributed by atoms with Crippen molar-refractivity contribution in [2.24, 2.45) is 0 Å². The molecule has 0 unspecified atom stereocenters. The van der Waals surface area contributed by atoms with Crippen LogP contribution in [-0.2, 0) is 0 Å². The van der Waals surface area contributed by atoms with Gasteiger partial charge in [0.2, 0.25) is 0 Å². The van der Waals surface area contributed by atoms with Crippen LogP contribution >= 0.6 is 0 Å². The number of nitrogens with zero attached hydrogens (tertiary/aromatic N) is 2. The van der Waals surface area contributed by atoms with Crippen LogP contribution in [0.4, 0.5) is 22.7 Å². The van der Waals surface area contributed by atoms with Crippen LogP contribution in [0.15, 0.2) is 122 Å². The molecule has 164 valence electrons. The molecule has 1 heterocycles. The summed E-state index contributed by atoms with van der Waals surface area (Å²) >= 11 is 0. The Kier molecular flexibility index (Phi) is 5.40. The maximum atomic E-state index is 13.4. The van der Waals surface area contributed by atoms with E-state index in [1.807, 2.05) is 84.9 Å². The van der Waals surface area contributed by atoms with Gasteiger partial charge in [-0.25, -0.2) is 0 Å². The number of carbonyl (C=O) groups is 2. The van der Waals surface area contributed by atoms with E-state index in [-0.39, 0.29) is 5.91 Å². The fourth-order valence-electron chi connectivity index (χ4n) is 4.47. The Hall–Kier alpha value is -4.70. The van der Waals surface area contributed by atoms with Gasteiger partial charge < -0.3 is 4.90 Å². The molecule has 34 heavy (non-hydrogen) atoms. The summed E-state index contributed by atoms with van der Waals surface area (Å²) in [7, 11) is 0. The zero-order valence-electron chi connectivity index (χ0n) is 18.5. The van der Waals surface area contributed by atoms with E-state index in [0.29, 0.717) is 11.1 Å². The number of carbonyl (C=O) groups excluding carboxylic acids is 2. The second kappa shape index (κ2) is 8.68. The highest BCUT2D eigenvalue weighted by Crippen LogP contribution is 2.43. The number of benzene rings is 4. The Labute approximate surface area is 198 Å². The summed E-state index contributed by atoms with van der Waals surface area (Å²) in [5.74, 6) is -0.102. The summed E-state index contributed by atoms with van der Waals surface area (Å²) in [4.78, 5) is 28.6. The van der Waals surface area contributed by atoms with E-state index in [1.165, 1.54) is 0 Å². The molecule has 0 saturated carbocycles. The predicted molar refractivity (Wildman–Crippen MR) is 139 cm³/mol. The highest BCUT2D eigenvalue weighted by atomic mass is 16.2. The van der Waals surface area contributed by atoms with Crippen molar-refractivity contribution >= 4 is 45.7 Å². The number of amides is 1. The number of hydrogen-bond donors (Lipinski definition) is 0. The Morgan fingerprint density at radius 2 is 1.59 bits per heavy atom. The normalized spacial score (nSPS) is 12.6. The van der Waals surface area contributed by atoms with Crippen LogP contribution in [0.1, 0.15) is 20.7 Å². The Morgan fingerprint density at radius 1 is 0.853 bits per heavy atom. The van der Waals surface area contributed by atoms with E-state index in [4.69, 9.17) is 0 Å². The molecule has 0 saturated heterocycles. The van der Waals surface area contributed by atoms with Crippen LogP contribution in [0.25, 0.3) is 10.8 Å². The van der Waals surface area contributed by atoms with Crippen LogP contribution in [-0.4, -0.2) is 12.2 Å². The molecule has 0 N–H and O–H groups in total. The van der Waals surface area contributed by atoms with E-state index in [2.05, 4.69) is 18.1 Å². The number of rotatable bonds is 7. The van der Waals surface area contributed by atoms with Crippen molar-refractivity contribution in [2.75, 3.05) is 9.80 Å². The Balaban J connectivity index is 1.60. The van der Waals surface area contributed by atoms with Gasteiger partial charge in [-0.1, -0.05) is 49.6 Å². The molecule has 0 spiro atoms. The second-order valence-corrected chi connectivity index (χ2v) is 7.92. The molecule has 1 aliphatic heterocycles. The fraction of sp³-hybridized carbons (Fsp3) is 0. The standard InChI is InChI=1S/C30H22N2O2/c1-3-9-23(4-2)31(24-11-6-5-7-12-24)25-14-16-26(17-15-25)32-28-19-21(20-33)18-22-10-8-13-27(29(22)28)30(32)34/h3-20H,1-2H2/b23-9+. The highest BCUT2D eigenvalue weighted by molar-refractivity contribution is 6.28. The number of para-hydroxylation sites is 1. The van der Waals surface area contributed by atoms with Gasteiger partial charge in [-0.05, 0) is 72.1 Å². The van der Waals surface area contributed by atoms with Gasteiger partial charge in [0.05, 0.1) is 11.3 Å². The van der Waals surface area contributed by atoms with E-state index in [9.17, 15) is 9.59 Å². The van der Waals surface area contributed by atoms with Crippen molar-refractivity contribution in [2.45, 2.75) is 0 Å². The molecular weight excluding hydrogens is 420 g/mol. The first kappa shape index (κ1) is 21.2. The minimum Gasteiger partial charge on any atom is -0.311 e. The van der Waals surface area contributed by atoms with Gasteiger partial charge in [0.15, 0.2) is 0 Å². The van der Waals surface area contributed by atoms with Gasteiger partial charge in [-0.15, -0.1) is 0 Å². The lowest BCUT2D eigenvalue weighted by Gasteiger charge is -2.27. The van der Waals surface area contributed by atoms with Crippen LogP contribution in [0.3, 0.4) is 0 Å². The SMILES string of the molecule is C=C/C=C(\C=C)N(c1ccccc1)c1ccc(N2C(=O)c3cccc4cc(C=O)cc2c34)cc1. The van der Waals surface area contributed by atoms with Crippen molar-refractivity contribution in [1.82, 2.24) is 0 Å². The van der Waals surface area contributed by atoms with Crippen LogP contribution in [0, 0.1) is 0 Å². The summed E-state index contributed by atoms with van der Waals surface area (Å²) in [5.41, 5.74) is 5.41. The van der Waals surface area contributed by atoms with Gasteiger partial charge >= 0.3 is 0 Å². The molecule has 4 aromatic rings. The number of anilines is 4. The van der Waals surface area contributed by atoms with E-state index in [1.54, 1.807) is 23.1 Å². The van der Waals surface area contributed by atoms with Crippen molar-refractivity contribution < 1.29 is 9.59 Å². The first-order chi connectivity index (χ1) is 16.7. The molecule has 0 radical (unpaired) electrons. The summed E-state index contributed by atoms with van der Waals surface area (Å²) in [6.07, 6.45) is 6.22. The molecule has 0 fully saturated rings. The van der Waals surface area contributed by atoms with Crippen LogP contribution in [0.2, 0.25) is 0 Å². The molecular formula is C30H22N2O2. The summed E-state index contributed by atoms with van der Waals surface area (Å²) in [5, 5.41) is 1.75. The third-order valence-corrected chi connectivity index (χ3v) is 5.93. The topological polar surface area (TPSA) is 40.6 Å². The Bertz CT molecular complexity index is 1470. The molecule has 1 amide bonds. The maximum Gasteiger partial charge on any atom is 0.263 e. The molecule has 4 heteroatoms. The van der Waals surface area contributed by atoms with Gasteiger partial charge in [0.1, 0.15) is 6.29 Å². The highest BCUT2D eigenvalue weighted by Gasteiger charge is 2.31. The first-order valence-corrected chi connectivity index (χ1v) is 10.9. The molecule has 0 atom stereocenters. The summed E-state index contributed by atoms with van der Waals surface area (Å²) in [6.45, 7) is 7.79. The largest absolute Gasteiger partial charge is 0.311 e. The minimum absolute atomic E-state index is 0.102. The van der Waals surface area contributed by atoms with Crippen molar-refractivity contribution in [3.8, 4) is 0 Å². The maximum absolute atomic E-state index is 13.4. The van der Waals surface area contributed by atoms with E-state index < -0.39 is 0 Å². The van der Waals surface area contributed by atoms with Gasteiger partial charge in [0.25, 0.3) is 5.91 Å². The first-order valence-electron chi connectivity index (χ1n) is 10.9. The van der Waals surface area contributed by atoms with Gasteiger partial charge in [0, 0.05) is 33.7 Å². The lowest BCUT2D eigenvalue weighted by atomic mass is 10.0. The quantitative estimate of drug-likeness (QED) is 0.222. The number of aldehydes is 1. The van der Waals surface area contributed by atoms with Crippen LogP contribution in [0.5, 0.6) is 0 Å². The molecule has 1 aliphatic rings. The summed E-state index contributed by atoms with van der Waals surface area (Å²) in [6, 6.07) is 27.0. The lowest BCUT2D eigenvalue weighted by molar-refractivity contribution is 0.100. The molecule has 5 rings (SSSR count). The molecule has 0 bridgehead atoms. The predicted octanol–water partition coefficient (Wildman–Crippen LogP) is 7.34. The molecule has 4 aromatic carbocycles. The molecule has 0 aromatic heterocycles. The monoisotopic (exact) mass is 442 g/mol. The van der Waals surface area contributed by atoms with Gasteiger partial charge in [-0.2, -0.15) is 0 Å². The van der Waals surface area contributed by atoms with E-state index in [0.717, 1.165) is 45.5 Å². The van der Waals surface area contributed by atoms with Crippen molar-refractivity contribution in [1.29, 1.82) is 0 Å². The van der Waals surface area contributed by atoms with Crippen molar-refractivity contribution in [3.05, 3.63) is 133 Å².